The predicted molar refractivity (Wildman–Crippen MR) is 149 cm³/mol. The van der Waals surface area contributed by atoms with Crippen LogP contribution in [0.2, 0.25) is 0 Å². The van der Waals surface area contributed by atoms with Gasteiger partial charge in [0.2, 0.25) is 5.95 Å². The van der Waals surface area contributed by atoms with Crippen LogP contribution >= 0.6 is 0 Å². The molecule has 1 atom stereocenters. The number of nitrogen functional groups attached to an aromatic ring is 2. The summed E-state index contributed by atoms with van der Waals surface area (Å²) < 4.78 is 1.63. The molecule has 1 fully saturated rings. The molecule has 0 amide bonds. The normalized spacial score (nSPS) is 14.4. The first-order valence-corrected chi connectivity index (χ1v) is 12.9. The Balaban J connectivity index is 1.58. The summed E-state index contributed by atoms with van der Waals surface area (Å²) >= 11 is 0. The van der Waals surface area contributed by atoms with Crippen LogP contribution in [0.5, 0.6) is 0 Å². The van der Waals surface area contributed by atoms with Crippen molar-refractivity contribution in [1.82, 2.24) is 24.4 Å². The van der Waals surface area contributed by atoms with Crippen molar-refractivity contribution in [3.63, 3.8) is 0 Å². The number of aromatic nitrogens is 4. The second kappa shape index (κ2) is 10.9. The molecular formula is C28H31N9O. The highest BCUT2D eigenvalue weighted by Gasteiger charge is 2.22. The molecular weight excluding hydrogens is 478 g/mol. The molecule has 5 N–H and O–H groups in total. The first-order valence-electron chi connectivity index (χ1n) is 12.9. The standard InChI is InChI=1S/C28H31N9O/c1-18(32-25-21(17-29)24(30)34-28(31)35-25)26-33-22-13-7-9-19(10-8-16-36-14-5-6-15-36)23(22)27(38)37(26)20-11-3-2-4-12-20/h2-4,7,9,11-13,18H,5-6,8,10,14-16H2,1H3,(H5,30,31,32,34,35)/t18-/m0/s1. The van der Waals surface area contributed by atoms with Crippen LogP contribution in [-0.2, 0) is 6.42 Å². The number of hydrogen-bond donors (Lipinski definition) is 3. The topological polar surface area (TPSA) is 152 Å². The number of rotatable bonds is 8. The number of fused-ring (bicyclic) bond motifs is 1. The van der Waals surface area contributed by atoms with E-state index in [1.807, 2.05) is 61.5 Å². The van der Waals surface area contributed by atoms with Crippen molar-refractivity contribution in [2.75, 3.05) is 36.4 Å². The van der Waals surface area contributed by atoms with Crippen molar-refractivity contribution in [2.24, 2.45) is 0 Å². The lowest BCUT2D eigenvalue weighted by molar-refractivity contribution is 0.334. The number of nitriles is 1. The number of benzene rings is 2. The third-order valence-electron chi connectivity index (χ3n) is 6.95. The highest BCUT2D eigenvalue weighted by Crippen LogP contribution is 2.26. The monoisotopic (exact) mass is 509 g/mol. The third kappa shape index (κ3) is 5.01. The van der Waals surface area contributed by atoms with Gasteiger partial charge in [0.05, 0.1) is 22.6 Å². The van der Waals surface area contributed by atoms with Crippen molar-refractivity contribution >= 4 is 28.5 Å². The molecule has 1 saturated heterocycles. The number of para-hydroxylation sites is 1. The number of nitrogens with zero attached hydrogens (tertiary/aromatic N) is 6. The Morgan fingerprint density at radius 3 is 2.55 bits per heavy atom. The van der Waals surface area contributed by atoms with E-state index >= 15 is 0 Å². The summed E-state index contributed by atoms with van der Waals surface area (Å²) in [6.07, 6.45) is 4.31. The van der Waals surface area contributed by atoms with Gasteiger partial charge in [-0.05, 0) is 76.0 Å². The maximum atomic E-state index is 14.1. The third-order valence-corrected chi connectivity index (χ3v) is 6.95. The minimum atomic E-state index is -0.521. The first-order chi connectivity index (χ1) is 18.5. The van der Waals surface area contributed by atoms with E-state index in [0.29, 0.717) is 22.4 Å². The largest absolute Gasteiger partial charge is 0.382 e. The van der Waals surface area contributed by atoms with Gasteiger partial charge in [-0.2, -0.15) is 15.2 Å². The van der Waals surface area contributed by atoms with E-state index < -0.39 is 6.04 Å². The number of nitrogens with two attached hydrogens (primary N) is 2. The van der Waals surface area contributed by atoms with Gasteiger partial charge in [0.15, 0.2) is 5.82 Å². The Labute approximate surface area is 221 Å². The molecule has 38 heavy (non-hydrogen) atoms. The van der Waals surface area contributed by atoms with Crippen LogP contribution in [0.15, 0.2) is 53.3 Å². The Kier molecular flexibility index (Phi) is 7.20. The average Bonchev–Trinajstić information content (AvgIpc) is 3.42. The molecule has 0 saturated carbocycles. The second-order valence-electron chi connectivity index (χ2n) is 9.58. The molecule has 5 rings (SSSR count). The van der Waals surface area contributed by atoms with Gasteiger partial charge in [-0.3, -0.25) is 9.36 Å². The number of hydrogen-bond acceptors (Lipinski definition) is 9. The predicted octanol–water partition coefficient (Wildman–Crippen LogP) is 3.41. The van der Waals surface area contributed by atoms with E-state index in [1.54, 1.807) is 4.57 Å². The fourth-order valence-electron chi connectivity index (χ4n) is 5.12. The maximum absolute atomic E-state index is 14.1. The number of likely N-dealkylation sites (tertiary alicyclic amines) is 1. The van der Waals surface area contributed by atoms with Crippen molar-refractivity contribution in [1.29, 1.82) is 5.26 Å². The molecule has 2 aromatic carbocycles. The molecule has 1 aliphatic rings. The molecule has 10 heteroatoms. The summed E-state index contributed by atoms with van der Waals surface area (Å²) in [5, 5.41) is 13.4. The lowest BCUT2D eigenvalue weighted by atomic mass is 10.0. The van der Waals surface area contributed by atoms with Gasteiger partial charge in [-0.1, -0.05) is 30.3 Å². The minimum absolute atomic E-state index is 0.0137. The molecule has 1 aliphatic heterocycles. The Hall–Kier alpha value is -4.49. The van der Waals surface area contributed by atoms with Crippen LogP contribution in [0.4, 0.5) is 17.6 Å². The van der Waals surface area contributed by atoms with E-state index in [1.165, 1.54) is 12.8 Å². The molecule has 10 nitrogen and oxygen atoms in total. The summed E-state index contributed by atoms with van der Waals surface area (Å²) in [7, 11) is 0. The quantitative estimate of drug-likeness (QED) is 0.324. The number of anilines is 3. The van der Waals surface area contributed by atoms with Gasteiger partial charge in [0.1, 0.15) is 23.3 Å². The lowest BCUT2D eigenvalue weighted by Crippen LogP contribution is -2.28. The lowest BCUT2D eigenvalue weighted by Gasteiger charge is -2.21. The van der Waals surface area contributed by atoms with Crippen LogP contribution in [0.3, 0.4) is 0 Å². The van der Waals surface area contributed by atoms with Gasteiger partial charge in [0.25, 0.3) is 5.56 Å². The van der Waals surface area contributed by atoms with Crippen LogP contribution in [-0.4, -0.2) is 44.1 Å². The van der Waals surface area contributed by atoms with E-state index in [0.717, 1.165) is 38.0 Å². The van der Waals surface area contributed by atoms with Gasteiger partial charge in [-0.15, -0.1) is 0 Å². The summed E-state index contributed by atoms with van der Waals surface area (Å²) in [4.78, 5) is 29.6. The summed E-state index contributed by atoms with van der Waals surface area (Å²) in [6.45, 7) is 5.19. The van der Waals surface area contributed by atoms with Crippen molar-refractivity contribution < 1.29 is 0 Å². The minimum Gasteiger partial charge on any atom is -0.382 e. The van der Waals surface area contributed by atoms with Gasteiger partial charge in [-0.25, -0.2) is 4.98 Å². The van der Waals surface area contributed by atoms with Crippen LogP contribution < -0.4 is 22.3 Å². The molecule has 3 heterocycles. The smallest absolute Gasteiger partial charge is 0.266 e. The fraction of sp³-hybridized carbons (Fsp3) is 0.321. The number of nitrogens with one attached hydrogen (secondary N) is 1. The Morgan fingerprint density at radius 2 is 1.82 bits per heavy atom. The highest BCUT2D eigenvalue weighted by atomic mass is 16.1. The van der Waals surface area contributed by atoms with E-state index in [-0.39, 0.29) is 28.7 Å². The fourth-order valence-corrected chi connectivity index (χ4v) is 5.12. The molecule has 4 aromatic rings. The molecule has 0 radical (unpaired) electrons. The zero-order valence-corrected chi connectivity index (χ0v) is 21.4. The van der Waals surface area contributed by atoms with Crippen LogP contribution in [0.25, 0.3) is 16.6 Å². The second-order valence-corrected chi connectivity index (χ2v) is 9.58. The van der Waals surface area contributed by atoms with Crippen LogP contribution in [0, 0.1) is 11.3 Å². The zero-order chi connectivity index (χ0) is 26.6. The molecule has 0 spiro atoms. The van der Waals surface area contributed by atoms with Gasteiger partial charge >= 0.3 is 0 Å². The Morgan fingerprint density at radius 1 is 1.05 bits per heavy atom. The van der Waals surface area contributed by atoms with Crippen LogP contribution in [0.1, 0.15) is 49.2 Å². The molecule has 0 aliphatic carbocycles. The maximum Gasteiger partial charge on any atom is 0.266 e. The summed E-state index contributed by atoms with van der Waals surface area (Å²) in [6, 6.07) is 16.8. The van der Waals surface area contributed by atoms with E-state index in [9.17, 15) is 10.1 Å². The van der Waals surface area contributed by atoms with Gasteiger partial charge in [0, 0.05) is 0 Å². The highest BCUT2D eigenvalue weighted by molar-refractivity contribution is 5.82. The zero-order valence-electron chi connectivity index (χ0n) is 21.4. The van der Waals surface area contributed by atoms with E-state index in [4.69, 9.17) is 16.5 Å². The first kappa shape index (κ1) is 25.2. The average molecular weight is 510 g/mol. The molecule has 2 aromatic heterocycles. The molecule has 0 bridgehead atoms. The summed E-state index contributed by atoms with van der Waals surface area (Å²) in [5.74, 6) is 0.596. The van der Waals surface area contributed by atoms with Crippen molar-refractivity contribution in [2.45, 2.75) is 38.6 Å². The SMILES string of the molecule is C[C@H](Nc1nc(N)nc(N)c1C#N)c1nc2cccc(CCCN3CCCC3)c2c(=O)n1-c1ccccc1. The Bertz CT molecular complexity index is 1550. The van der Waals surface area contributed by atoms with Gasteiger partial charge < -0.3 is 21.7 Å². The van der Waals surface area contributed by atoms with Crippen molar-refractivity contribution in [3.8, 4) is 11.8 Å². The van der Waals surface area contributed by atoms with Crippen molar-refractivity contribution in [3.05, 3.63) is 75.8 Å². The number of aryl methyl sites for hydroxylation is 1. The summed E-state index contributed by atoms with van der Waals surface area (Å²) in [5.41, 5.74) is 14.0. The molecule has 194 valence electrons. The molecule has 0 unspecified atom stereocenters. The van der Waals surface area contributed by atoms with E-state index in [2.05, 4.69) is 20.2 Å².